The van der Waals surface area contributed by atoms with Crippen LogP contribution in [0, 0.1) is 11.1 Å². The molecule has 2 aliphatic heterocycles. The van der Waals surface area contributed by atoms with E-state index in [9.17, 15) is 20.0 Å². The van der Waals surface area contributed by atoms with Crippen molar-refractivity contribution in [2.45, 2.75) is 25.4 Å². The Bertz CT molecular complexity index is 1230. The molecule has 1 N–H and O–H groups in total. The van der Waals surface area contributed by atoms with Gasteiger partial charge in [-0.15, -0.1) is 0 Å². The maximum atomic E-state index is 13.6. The maximum Gasteiger partial charge on any atom is 0.275 e. The summed E-state index contributed by atoms with van der Waals surface area (Å²) in [6, 6.07) is 12.9. The maximum absolute atomic E-state index is 13.6. The van der Waals surface area contributed by atoms with Crippen LogP contribution in [0.5, 0.6) is 0 Å². The molecule has 2 bridgehead atoms. The summed E-state index contributed by atoms with van der Waals surface area (Å²) in [4.78, 5) is 28.1. The first-order valence-electron chi connectivity index (χ1n) is 10.7. The number of pyridine rings is 1. The summed E-state index contributed by atoms with van der Waals surface area (Å²) in [6.45, 7) is 2.55. The molecule has 4 heterocycles. The molecule has 1 aromatic carbocycles. The summed E-state index contributed by atoms with van der Waals surface area (Å²) in [5.74, 6) is 0.0815. The Morgan fingerprint density at radius 3 is 2.81 bits per heavy atom. The molecular weight excluding hydrogens is 412 g/mol. The van der Waals surface area contributed by atoms with Crippen molar-refractivity contribution in [1.82, 2.24) is 14.0 Å². The molecule has 0 saturated carbocycles. The first kappa shape index (κ1) is 20.7. The molecule has 2 unspecified atom stereocenters. The van der Waals surface area contributed by atoms with Crippen LogP contribution in [-0.4, -0.2) is 52.0 Å². The van der Waals surface area contributed by atoms with Crippen molar-refractivity contribution in [2.24, 2.45) is 5.92 Å². The number of benzene rings is 1. The zero-order chi connectivity index (χ0) is 22.4. The van der Waals surface area contributed by atoms with E-state index in [0.29, 0.717) is 38.5 Å². The van der Waals surface area contributed by atoms with Crippen LogP contribution in [-0.2, 0) is 17.8 Å². The number of nitrogens with zero attached hydrogens (tertiary/aromatic N) is 4. The smallest absolute Gasteiger partial charge is 0.275 e. The third-order valence-electron chi connectivity index (χ3n) is 6.63. The molecule has 0 aliphatic carbocycles. The topological polar surface area (TPSA) is 103 Å². The summed E-state index contributed by atoms with van der Waals surface area (Å²) in [7, 11) is 1.65. The number of hydrogen-bond acceptors (Lipinski definition) is 6. The fourth-order valence-electron chi connectivity index (χ4n) is 5.22. The predicted molar refractivity (Wildman–Crippen MR) is 119 cm³/mol. The molecule has 2 atom stereocenters. The van der Waals surface area contributed by atoms with Gasteiger partial charge in [0.05, 0.1) is 6.61 Å². The zero-order valence-corrected chi connectivity index (χ0v) is 17.8. The molecule has 1 fully saturated rings. The molecule has 9 heteroatoms. The summed E-state index contributed by atoms with van der Waals surface area (Å²) in [6.07, 6.45) is 0.884. The summed E-state index contributed by atoms with van der Waals surface area (Å²) in [5.41, 5.74) is 1.66. The SMILES string of the molecule is COCCn1c(C(=O)N2CC3CC(C2)c2ccc(N([O-])O)c(=O)n2C3)cc2ccccc21. The number of carbonyl (C=O) groups is 1. The monoisotopic (exact) mass is 437 g/mol. The minimum atomic E-state index is -0.492. The van der Waals surface area contributed by atoms with Gasteiger partial charge in [-0.3, -0.25) is 14.8 Å². The van der Waals surface area contributed by atoms with E-state index in [1.54, 1.807) is 17.7 Å². The Kier molecular flexibility index (Phi) is 5.24. The van der Waals surface area contributed by atoms with Crippen molar-refractivity contribution in [2.75, 3.05) is 32.0 Å². The van der Waals surface area contributed by atoms with Gasteiger partial charge in [0.2, 0.25) is 0 Å². The zero-order valence-electron chi connectivity index (χ0n) is 17.8. The molecule has 1 amide bonds. The van der Waals surface area contributed by atoms with E-state index in [0.717, 1.165) is 23.0 Å². The molecule has 2 aromatic heterocycles. The molecule has 1 saturated heterocycles. The van der Waals surface area contributed by atoms with E-state index in [2.05, 4.69) is 0 Å². The minimum Gasteiger partial charge on any atom is -0.733 e. The third-order valence-corrected chi connectivity index (χ3v) is 6.63. The van der Waals surface area contributed by atoms with Gasteiger partial charge in [-0.25, -0.2) is 0 Å². The lowest BCUT2D eigenvalue weighted by Gasteiger charge is -2.43. The number of rotatable bonds is 5. The van der Waals surface area contributed by atoms with E-state index in [1.165, 1.54) is 6.07 Å². The first-order valence-corrected chi connectivity index (χ1v) is 10.7. The highest BCUT2D eigenvalue weighted by atomic mass is 16.8. The number of hydrogen-bond donors (Lipinski definition) is 1. The Morgan fingerprint density at radius 1 is 1.22 bits per heavy atom. The van der Waals surface area contributed by atoms with E-state index in [-0.39, 0.29) is 28.7 Å². The number of amides is 1. The van der Waals surface area contributed by atoms with E-state index >= 15 is 0 Å². The lowest BCUT2D eigenvalue weighted by molar-refractivity contribution is 0.0582. The quantitative estimate of drug-likeness (QED) is 0.615. The number of fused-ring (bicyclic) bond motifs is 5. The van der Waals surface area contributed by atoms with Gasteiger partial charge in [0.1, 0.15) is 11.4 Å². The van der Waals surface area contributed by atoms with Gasteiger partial charge in [-0.2, -0.15) is 0 Å². The summed E-state index contributed by atoms with van der Waals surface area (Å²) >= 11 is 0. The van der Waals surface area contributed by atoms with Crippen molar-refractivity contribution in [3.63, 3.8) is 0 Å². The van der Waals surface area contributed by atoms with Crippen molar-refractivity contribution in [3.05, 3.63) is 69.4 Å². The van der Waals surface area contributed by atoms with Gasteiger partial charge < -0.3 is 29.2 Å². The number of ether oxygens (including phenoxy) is 1. The highest BCUT2D eigenvalue weighted by molar-refractivity contribution is 5.99. The number of anilines is 1. The second-order valence-corrected chi connectivity index (χ2v) is 8.57. The normalized spacial score (nSPS) is 19.8. The predicted octanol–water partition coefficient (Wildman–Crippen LogP) is 2.40. The average molecular weight is 437 g/mol. The van der Waals surface area contributed by atoms with Crippen LogP contribution in [0.3, 0.4) is 0 Å². The number of aromatic nitrogens is 2. The van der Waals surface area contributed by atoms with Crippen molar-refractivity contribution >= 4 is 22.5 Å². The molecular formula is C23H25N4O5-. The lowest BCUT2D eigenvalue weighted by atomic mass is 9.83. The van der Waals surface area contributed by atoms with Crippen LogP contribution < -0.4 is 10.8 Å². The number of para-hydroxylation sites is 1. The molecule has 0 spiro atoms. The molecule has 5 rings (SSSR count). The van der Waals surface area contributed by atoms with Crippen LogP contribution in [0.1, 0.15) is 28.5 Å². The Hall–Kier alpha value is -3.14. The second-order valence-electron chi connectivity index (χ2n) is 8.57. The van der Waals surface area contributed by atoms with Gasteiger partial charge >= 0.3 is 0 Å². The van der Waals surface area contributed by atoms with Crippen molar-refractivity contribution < 1.29 is 14.7 Å². The summed E-state index contributed by atoms with van der Waals surface area (Å²) < 4.78 is 8.85. The first-order chi connectivity index (χ1) is 15.5. The number of carbonyl (C=O) groups excluding carboxylic acids is 1. The van der Waals surface area contributed by atoms with Gasteiger partial charge in [0, 0.05) is 55.8 Å². The Balaban J connectivity index is 1.47. The van der Waals surface area contributed by atoms with Crippen LogP contribution in [0.2, 0.25) is 0 Å². The third kappa shape index (κ3) is 3.38. The Labute approximate surface area is 184 Å². The van der Waals surface area contributed by atoms with Gasteiger partial charge in [-0.05, 0) is 36.6 Å². The van der Waals surface area contributed by atoms with E-state index in [4.69, 9.17) is 4.74 Å². The van der Waals surface area contributed by atoms with Gasteiger partial charge in [0.25, 0.3) is 11.5 Å². The largest absolute Gasteiger partial charge is 0.733 e. The molecule has 0 radical (unpaired) electrons. The highest BCUT2D eigenvalue weighted by Gasteiger charge is 2.37. The van der Waals surface area contributed by atoms with Crippen molar-refractivity contribution in [1.29, 1.82) is 0 Å². The van der Waals surface area contributed by atoms with Gasteiger partial charge in [0.15, 0.2) is 0 Å². The standard InChI is InChI=1S/C23H25N4O5/c1-32-9-8-25-18-5-3-2-4-16(18)11-21(25)22(28)24-12-15-10-17(14-24)19-6-7-20(27(30)31)23(29)26(19)13-15/h2-7,11,15,17,30H,8-10,12-14H2,1H3/q-1. The average Bonchev–Trinajstić information content (AvgIpc) is 3.16. The number of methoxy groups -OCH3 is 1. The molecule has 168 valence electrons. The van der Waals surface area contributed by atoms with Crippen LogP contribution in [0.25, 0.3) is 10.9 Å². The van der Waals surface area contributed by atoms with Crippen LogP contribution in [0.15, 0.2) is 47.3 Å². The van der Waals surface area contributed by atoms with Crippen LogP contribution in [0.4, 0.5) is 5.69 Å². The highest BCUT2D eigenvalue weighted by Crippen LogP contribution is 2.36. The van der Waals surface area contributed by atoms with E-state index in [1.807, 2.05) is 39.8 Å². The molecule has 9 nitrogen and oxygen atoms in total. The second kappa shape index (κ2) is 8.09. The lowest BCUT2D eigenvalue weighted by Crippen LogP contribution is -2.49. The molecule has 3 aromatic rings. The fourth-order valence-corrected chi connectivity index (χ4v) is 5.22. The van der Waals surface area contributed by atoms with E-state index < -0.39 is 5.56 Å². The number of likely N-dealkylation sites (tertiary alicyclic amines) is 1. The van der Waals surface area contributed by atoms with Crippen LogP contribution >= 0.6 is 0 Å². The van der Waals surface area contributed by atoms with Crippen molar-refractivity contribution in [3.8, 4) is 0 Å². The minimum absolute atomic E-state index is 0.00352. The molecule has 32 heavy (non-hydrogen) atoms. The summed E-state index contributed by atoms with van der Waals surface area (Å²) in [5, 5.41) is 21.1. The number of piperidine rings is 1. The molecule has 2 aliphatic rings. The van der Waals surface area contributed by atoms with Gasteiger partial charge in [-0.1, -0.05) is 18.2 Å². The Morgan fingerprint density at radius 2 is 2.03 bits per heavy atom. The fraction of sp³-hybridized carbons (Fsp3) is 0.391.